The number of aliphatic hydroxyl groups is 1. The minimum atomic E-state index is -3.43. The number of nitrogen functional groups attached to an aromatic ring is 1. The molecule has 0 spiro atoms. The molecule has 0 saturated carbocycles. The molecule has 0 aromatic carbocycles. The fourth-order valence-corrected chi connectivity index (χ4v) is 4.56. The lowest BCUT2D eigenvalue weighted by Crippen LogP contribution is -2.48. The summed E-state index contributed by atoms with van der Waals surface area (Å²) in [5.41, 5.74) is 5.72. The molecule has 0 radical (unpaired) electrons. The van der Waals surface area contributed by atoms with E-state index < -0.39 is 9.84 Å². The number of hydrogen-bond donors (Lipinski definition) is 2. The molecule has 0 aliphatic carbocycles. The third kappa shape index (κ3) is 2.90. The fourth-order valence-electron chi connectivity index (χ4n) is 2.23. The molecule has 0 bridgehead atoms. The SMILES string of the molecule is CCS(=O)(=O)c1c(N)nsc1N1CC(C)OC(CO)C1. The number of hydrogen-bond acceptors (Lipinski definition) is 8. The summed E-state index contributed by atoms with van der Waals surface area (Å²) in [7, 11) is -3.43. The van der Waals surface area contributed by atoms with Gasteiger partial charge in [0.2, 0.25) is 0 Å². The maximum Gasteiger partial charge on any atom is 0.184 e. The third-order valence-electron chi connectivity index (χ3n) is 3.17. The molecule has 1 fully saturated rings. The van der Waals surface area contributed by atoms with E-state index in [1.165, 1.54) is 0 Å². The van der Waals surface area contributed by atoms with Crippen LogP contribution in [0.25, 0.3) is 0 Å². The first-order valence-electron chi connectivity index (χ1n) is 6.38. The number of morpholine rings is 1. The van der Waals surface area contributed by atoms with E-state index in [1.54, 1.807) is 6.92 Å². The Hall–Kier alpha value is -0.900. The quantitative estimate of drug-likeness (QED) is 0.810. The van der Waals surface area contributed by atoms with Crippen molar-refractivity contribution in [1.29, 1.82) is 0 Å². The van der Waals surface area contributed by atoms with E-state index in [0.29, 0.717) is 18.1 Å². The highest BCUT2D eigenvalue weighted by molar-refractivity contribution is 7.91. The maximum atomic E-state index is 12.2. The van der Waals surface area contributed by atoms with Crippen molar-refractivity contribution in [3.8, 4) is 0 Å². The standard InChI is InChI=1S/C11H19N3O4S2/c1-3-20(16,17)9-10(12)13-19-11(9)14-4-7(2)18-8(5-14)6-15/h7-8,15H,3-6H2,1-2H3,(H2,12,13). The van der Waals surface area contributed by atoms with Crippen LogP contribution in [0.2, 0.25) is 0 Å². The molecule has 114 valence electrons. The number of nitrogens with two attached hydrogens (primary N) is 1. The van der Waals surface area contributed by atoms with Crippen molar-refractivity contribution in [2.75, 3.05) is 36.1 Å². The number of anilines is 2. The zero-order valence-electron chi connectivity index (χ0n) is 11.4. The number of nitrogens with zero attached hydrogens (tertiary/aromatic N) is 2. The Morgan fingerprint density at radius 3 is 2.85 bits per heavy atom. The van der Waals surface area contributed by atoms with Gasteiger partial charge >= 0.3 is 0 Å². The van der Waals surface area contributed by atoms with Crippen molar-refractivity contribution in [2.24, 2.45) is 0 Å². The third-order valence-corrected chi connectivity index (χ3v) is 6.00. The van der Waals surface area contributed by atoms with Gasteiger partial charge in [-0.15, -0.1) is 0 Å². The summed E-state index contributed by atoms with van der Waals surface area (Å²) in [4.78, 5) is 1.99. The second-order valence-electron chi connectivity index (χ2n) is 4.76. The second-order valence-corrected chi connectivity index (χ2v) is 7.73. The molecule has 2 unspecified atom stereocenters. The Morgan fingerprint density at radius 2 is 2.25 bits per heavy atom. The Kier molecular flexibility index (Phi) is 4.52. The van der Waals surface area contributed by atoms with E-state index in [1.807, 2.05) is 11.8 Å². The van der Waals surface area contributed by atoms with Gasteiger partial charge in [0, 0.05) is 13.1 Å². The van der Waals surface area contributed by atoms with E-state index >= 15 is 0 Å². The molecule has 9 heteroatoms. The van der Waals surface area contributed by atoms with E-state index in [-0.39, 0.29) is 35.3 Å². The molecule has 2 rings (SSSR count). The molecule has 7 nitrogen and oxygen atoms in total. The van der Waals surface area contributed by atoms with Crippen LogP contribution < -0.4 is 10.6 Å². The molecular weight excluding hydrogens is 302 g/mol. The average molecular weight is 321 g/mol. The highest BCUT2D eigenvalue weighted by Crippen LogP contribution is 2.36. The number of rotatable bonds is 4. The molecule has 2 heterocycles. The van der Waals surface area contributed by atoms with Crippen LogP contribution in [-0.2, 0) is 14.6 Å². The Morgan fingerprint density at radius 1 is 1.55 bits per heavy atom. The normalized spacial score (nSPS) is 24.1. The van der Waals surface area contributed by atoms with Crippen LogP contribution >= 0.6 is 11.5 Å². The Bertz CT molecular complexity index is 572. The van der Waals surface area contributed by atoms with Crippen molar-refractivity contribution in [1.82, 2.24) is 4.37 Å². The van der Waals surface area contributed by atoms with Crippen molar-refractivity contribution in [3.63, 3.8) is 0 Å². The van der Waals surface area contributed by atoms with Gasteiger partial charge in [-0.2, -0.15) is 4.37 Å². The predicted molar refractivity (Wildman–Crippen MR) is 77.9 cm³/mol. The lowest BCUT2D eigenvalue weighted by atomic mass is 10.2. The molecule has 1 aliphatic heterocycles. The molecule has 3 N–H and O–H groups in total. The van der Waals surface area contributed by atoms with Crippen molar-refractivity contribution in [2.45, 2.75) is 31.0 Å². The van der Waals surface area contributed by atoms with Gasteiger partial charge in [-0.05, 0) is 18.5 Å². The summed E-state index contributed by atoms with van der Waals surface area (Å²) >= 11 is 1.07. The molecule has 1 aromatic rings. The zero-order chi connectivity index (χ0) is 14.9. The fraction of sp³-hybridized carbons (Fsp3) is 0.727. The molecular formula is C11H19N3O4S2. The van der Waals surface area contributed by atoms with Gasteiger partial charge in [-0.3, -0.25) is 0 Å². The number of sulfone groups is 1. The van der Waals surface area contributed by atoms with Gasteiger partial charge in [-0.25, -0.2) is 8.42 Å². The summed E-state index contributed by atoms with van der Waals surface area (Å²) in [6, 6.07) is 0. The van der Waals surface area contributed by atoms with Crippen LogP contribution in [0, 0.1) is 0 Å². The van der Waals surface area contributed by atoms with Gasteiger partial charge < -0.3 is 20.5 Å². The predicted octanol–water partition coefficient (Wildman–Crippen LogP) is 0.105. The second kappa shape index (κ2) is 5.84. The van der Waals surface area contributed by atoms with Crippen LogP contribution in [0.4, 0.5) is 10.8 Å². The number of aliphatic hydroxyl groups excluding tert-OH is 1. The largest absolute Gasteiger partial charge is 0.394 e. The molecule has 1 aromatic heterocycles. The Balaban J connectivity index is 2.38. The smallest absolute Gasteiger partial charge is 0.184 e. The minimum Gasteiger partial charge on any atom is -0.394 e. The van der Waals surface area contributed by atoms with Crippen LogP contribution in [0.1, 0.15) is 13.8 Å². The van der Waals surface area contributed by atoms with Gasteiger partial charge in [0.05, 0.1) is 24.6 Å². The monoisotopic (exact) mass is 321 g/mol. The van der Waals surface area contributed by atoms with Crippen LogP contribution in [0.5, 0.6) is 0 Å². The van der Waals surface area contributed by atoms with Crippen molar-refractivity contribution < 1.29 is 18.3 Å². The minimum absolute atomic E-state index is 0.0219. The topological polar surface area (TPSA) is 106 Å². The molecule has 0 amide bonds. The first kappa shape index (κ1) is 15.5. The number of aromatic nitrogens is 1. The zero-order valence-corrected chi connectivity index (χ0v) is 13.1. The lowest BCUT2D eigenvalue weighted by Gasteiger charge is -2.36. The average Bonchev–Trinajstić information content (AvgIpc) is 2.80. The van der Waals surface area contributed by atoms with E-state index in [0.717, 1.165) is 11.5 Å². The molecule has 20 heavy (non-hydrogen) atoms. The highest BCUT2D eigenvalue weighted by atomic mass is 32.2. The summed E-state index contributed by atoms with van der Waals surface area (Å²) in [5.74, 6) is 0.0258. The molecule has 1 saturated heterocycles. The summed E-state index contributed by atoms with van der Waals surface area (Å²) < 4.78 is 33.9. The van der Waals surface area contributed by atoms with Crippen molar-refractivity contribution >= 4 is 32.2 Å². The molecule has 1 aliphatic rings. The van der Waals surface area contributed by atoms with Gasteiger partial charge in [-0.1, -0.05) is 6.92 Å². The van der Waals surface area contributed by atoms with Crippen LogP contribution in [0.3, 0.4) is 0 Å². The maximum absolute atomic E-state index is 12.2. The van der Waals surface area contributed by atoms with E-state index in [4.69, 9.17) is 10.5 Å². The summed E-state index contributed by atoms with van der Waals surface area (Å²) in [5, 5.41) is 9.79. The van der Waals surface area contributed by atoms with Gasteiger partial charge in [0.1, 0.15) is 9.90 Å². The molecule has 2 atom stereocenters. The van der Waals surface area contributed by atoms with E-state index in [2.05, 4.69) is 4.37 Å². The Labute approximate surface area is 122 Å². The first-order valence-corrected chi connectivity index (χ1v) is 8.80. The summed E-state index contributed by atoms with van der Waals surface area (Å²) in [6.07, 6.45) is -0.430. The van der Waals surface area contributed by atoms with Gasteiger partial charge in [0.15, 0.2) is 15.7 Å². The van der Waals surface area contributed by atoms with Gasteiger partial charge in [0.25, 0.3) is 0 Å². The van der Waals surface area contributed by atoms with Crippen molar-refractivity contribution in [3.05, 3.63) is 0 Å². The highest BCUT2D eigenvalue weighted by Gasteiger charge is 2.32. The number of ether oxygens (including phenoxy) is 1. The van der Waals surface area contributed by atoms with Crippen LogP contribution in [0.15, 0.2) is 4.90 Å². The van der Waals surface area contributed by atoms with Crippen LogP contribution in [-0.4, -0.2) is 55.6 Å². The van der Waals surface area contributed by atoms with E-state index in [9.17, 15) is 13.5 Å². The first-order chi connectivity index (χ1) is 9.39. The lowest BCUT2D eigenvalue weighted by molar-refractivity contribution is -0.0420. The summed E-state index contributed by atoms with van der Waals surface area (Å²) in [6.45, 7) is 4.33.